The SMILES string of the molecule is CCCCCCCCCCCCCCCCC(CCOc1ccccc1)(OCC)C(=O)O. The van der Waals surface area contributed by atoms with Gasteiger partial charge in [-0.3, -0.25) is 0 Å². The molecule has 1 N–H and O–H groups in total. The predicted molar refractivity (Wildman–Crippen MR) is 133 cm³/mol. The molecule has 4 nitrogen and oxygen atoms in total. The van der Waals surface area contributed by atoms with Gasteiger partial charge in [-0.05, 0) is 31.9 Å². The summed E-state index contributed by atoms with van der Waals surface area (Å²) in [5.74, 6) is -0.106. The van der Waals surface area contributed by atoms with Gasteiger partial charge in [0.2, 0.25) is 0 Å². The van der Waals surface area contributed by atoms with Crippen LogP contribution >= 0.6 is 0 Å². The summed E-state index contributed by atoms with van der Waals surface area (Å²) in [5.41, 5.74) is -1.14. The lowest BCUT2D eigenvalue weighted by Crippen LogP contribution is -2.43. The number of unbranched alkanes of at least 4 members (excludes halogenated alkanes) is 13. The molecule has 0 spiro atoms. The number of hydrogen-bond acceptors (Lipinski definition) is 3. The van der Waals surface area contributed by atoms with Crippen molar-refractivity contribution in [2.24, 2.45) is 0 Å². The highest BCUT2D eigenvalue weighted by molar-refractivity contribution is 5.77. The highest BCUT2D eigenvalue weighted by Gasteiger charge is 2.38. The van der Waals surface area contributed by atoms with Crippen LogP contribution in [0.5, 0.6) is 5.75 Å². The van der Waals surface area contributed by atoms with Gasteiger partial charge in [0.15, 0.2) is 5.60 Å². The molecular weight excluding hydrogens is 400 g/mol. The van der Waals surface area contributed by atoms with Crippen LogP contribution in [0.25, 0.3) is 0 Å². The molecule has 32 heavy (non-hydrogen) atoms. The van der Waals surface area contributed by atoms with Crippen molar-refractivity contribution in [2.45, 2.75) is 122 Å². The molecule has 0 radical (unpaired) electrons. The van der Waals surface area contributed by atoms with Crippen LogP contribution in [-0.4, -0.2) is 29.9 Å². The third-order valence-corrected chi connectivity index (χ3v) is 6.26. The molecule has 1 aromatic rings. The molecule has 184 valence electrons. The molecule has 0 aromatic heterocycles. The monoisotopic (exact) mass is 448 g/mol. The first-order valence-electron chi connectivity index (χ1n) is 13.2. The average Bonchev–Trinajstić information content (AvgIpc) is 2.79. The van der Waals surface area contributed by atoms with Crippen LogP contribution in [-0.2, 0) is 9.53 Å². The van der Waals surface area contributed by atoms with Crippen molar-refractivity contribution < 1.29 is 19.4 Å². The van der Waals surface area contributed by atoms with Crippen LogP contribution in [0.2, 0.25) is 0 Å². The van der Waals surface area contributed by atoms with Gasteiger partial charge >= 0.3 is 5.97 Å². The molecule has 0 bridgehead atoms. The van der Waals surface area contributed by atoms with E-state index in [1.807, 2.05) is 37.3 Å². The van der Waals surface area contributed by atoms with Crippen LogP contribution in [0.1, 0.15) is 117 Å². The minimum atomic E-state index is -1.14. The molecule has 0 saturated carbocycles. The highest BCUT2D eigenvalue weighted by atomic mass is 16.5. The second kappa shape index (κ2) is 19.0. The van der Waals surface area contributed by atoms with E-state index in [0.29, 0.717) is 26.1 Å². The lowest BCUT2D eigenvalue weighted by Gasteiger charge is -2.29. The number of carbonyl (C=O) groups is 1. The molecule has 0 fully saturated rings. The number of rotatable bonds is 22. The molecule has 0 aliphatic carbocycles. The van der Waals surface area contributed by atoms with Crippen molar-refractivity contribution in [1.29, 1.82) is 0 Å². The minimum absolute atomic E-state index is 0.342. The molecule has 1 atom stereocenters. The van der Waals surface area contributed by atoms with Crippen molar-refractivity contribution in [2.75, 3.05) is 13.2 Å². The number of carboxylic acids is 1. The quantitative estimate of drug-likeness (QED) is 0.182. The first-order chi connectivity index (χ1) is 15.6. The smallest absolute Gasteiger partial charge is 0.336 e. The van der Waals surface area contributed by atoms with E-state index in [2.05, 4.69) is 6.92 Å². The average molecular weight is 449 g/mol. The number of para-hydroxylation sites is 1. The van der Waals surface area contributed by atoms with E-state index in [1.165, 1.54) is 77.0 Å². The Bertz CT molecular complexity index is 560. The molecule has 0 saturated heterocycles. The standard InChI is InChI=1S/C28H48O4/c1-3-5-6-7-8-9-10-11-12-13-14-15-16-20-23-28(27(29)30,32-4-2)24-25-31-26-21-18-17-19-22-26/h17-19,21-22H,3-16,20,23-25H2,1-2H3,(H,29,30). The molecule has 1 rings (SSSR count). The van der Waals surface area contributed by atoms with Crippen LogP contribution in [0.4, 0.5) is 0 Å². The first-order valence-corrected chi connectivity index (χ1v) is 13.2. The van der Waals surface area contributed by atoms with Gasteiger partial charge in [0.05, 0.1) is 6.61 Å². The van der Waals surface area contributed by atoms with E-state index >= 15 is 0 Å². The fraction of sp³-hybridized carbons (Fsp3) is 0.750. The number of aliphatic carboxylic acids is 1. The van der Waals surface area contributed by atoms with E-state index in [0.717, 1.165) is 18.6 Å². The van der Waals surface area contributed by atoms with E-state index in [-0.39, 0.29) is 0 Å². The second-order valence-electron chi connectivity index (χ2n) is 8.99. The van der Waals surface area contributed by atoms with E-state index < -0.39 is 11.6 Å². The Morgan fingerprint density at radius 2 is 1.25 bits per heavy atom. The first kappa shape index (κ1) is 28.5. The van der Waals surface area contributed by atoms with Gasteiger partial charge < -0.3 is 14.6 Å². The maximum atomic E-state index is 12.0. The Labute approximate surface area is 197 Å². The maximum Gasteiger partial charge on any atom is 0.336 e. The van der Waals surface area contributed by atoms with Crippen molar-refractivity contribution in [1.82, 2.24) is 0 Å². The van der Waals surface area contributed by atoms with Gasteiger partial charge in [-0.2, -0.15) is 0 Å². The zero-order valence-corrected chi connectivity index (χ0v) is 20.8. The molecule has 0 aliphatic rings. The normalized spacial score (nSPS) is 13.1. The summed E-state index contributed by atoms with van der Waals surface area (Å²) in [7, 11) is 0. The fourth-order valence-electron chi connectivity index (χ4n) is 4.28. The lowest BCUT2D eigenvalue weighted by molar-refractivity contribution is -0.168. The summed E-state index contributed by atoms with van der Waals surface area (Å²) in [6, 6.07) is 9.53. The van der Waals surface area contributed by atoms with E-state index in [4.69, 9.17) is 9.47 Å². The van der Waals surface area contributed by atoms with Crippen molar-refractivity contribution in [3.05, 3.63) is 30.3 Å². The second-order valence-corrected chi connectivity index (χ2v) is 8.99. The van der Waals surface area contributed by atoms with Gasteiger partial charge in [-0.15, -0.1) is 0 Å². The zero-order chi connectivity index (χ0) is 23.3. The summed E-state index contributed by atoms with van der Waals surface area (Å²) < 4.78 is 11.5. The number of benzene rings is 1. The van der Waals surface area contributed by atoms with Crippen LogP contribution in [0, 0.1) is 0 Å². The largest absolute Gasteiger partial charge is 0.493 e. The molecule has 4 heteroatoms. The van der Waals surface area contributed by atoms with Crippen LogP contribution in [0.15, 0.2) is 30.3 Å². The van der Waals surface area contributed by atoms with E-state index in [1.54, 1.807) is 0 Å². The Morgan fingerprint density at radius 1 is 0.750 bits per heavy atom. The van der Waals surface area contributed by atoms with Crippen molar-refractivity contribution in [3.8, 4) is 5.75 Å². The van der Waals surface area contributed by atoms with Crippen LogP contribution < -0.4 is 4.74 Å². The van der Waals surface area contributed by atoms with Gasteiger partial charge in [-0.25, -0.2) is 4.79 Å². The molecule has 0 heterocycles. The molecule has 1 aromatic carbocycles. The van der Waals surface area contributed by atoms with Gasteiger partial charge in [0.1, 0.15) is 5.75 Å². The van der Waals surface area contributed by atoms with E-state index in [9.17, 15) is 9.90 Å². The predicted octanol–water partition coefficient (Wildman–Crippen LogP) is 8.19. The highest BCUT2D eigenvalue weighted by Crippen LogP contribution is 2.26. The summed E-state index contributed by atoms with van der Waals surface area (Å²) in [4.78, 5) is 12.0. The Hall–Kier alpha value is -1.55. The summed E-state index contributed by atoms with van der Waals surface area (Å²) in [5, 5.41) is 9.88. The Balaban J connectivity index is 2.15. The van der Waals surface area contributed by atoms with Crippen LogP contribution in [0.3, 0.4) is 0 Å². The molecule has 1 unspecified atom stereocenters. The number of carboxylic acid groups (broad SMARTS) is 1. The third kappa shape index (κ3) is 13.1. The minimum Gasteiger partial charge on any atom is -0.493 e. The van der Waals surface area contributed by atoms with Gasteiger partial charge in [-0.1, -0.05) is 109 Å². The summed E-state index contributed by atoms with van der Waals surface area (Å²) in [6.45, 7) is 4.87. The summed E-state index contributed by atoms with van der Waals surface area (Å²) in [6.07, 6.45) is 19.0. The number of ether oxygens (including phenoxy) is 2. The lowest BCUT2D eigenvalue weighted by atomic mass is 9.92. The van der Waals surface area contributed by atoms with Gasteiger partial charge in [0.25, 0.3) is 0 Å². The topological polar surface area (TPSA) is 55.8 Å². The third-order valence-electron chi connectivity index (χ3n) is 6.26. The van der Waals surface area contributed by atoms with Crippen molar-refractivity contribution >= 4 is 5.97 Å². The molecule has 0 amide bonds. The number of hydrogen-bond donors (Lipinski definition) is 1. The Morgan fingerprint density at radius 3 is 1.72 bits per heavy atom. The summed E-state index contributed by atoms with van der Waals surface area (Å²) >= 11 is 0. The molecule has 0 aliphatic heterocycles. The van der Waals surface area contributed by atoms with Gasteiger partial charge in [0, 0.05) is 13.0 Å². The molecular formula is C28H48O4. The van der Waals surface area contributed by atoms with Crippen molar-refractivity contribution in [3.63, 3.8) is 0 Å². The maximum absolute atomic E-state index is 12.0. The fourth-order valence-corrected chi connectivity index (χ4v) is 4.28. The zero-order valence-electron chi connectivity index (χ0n) is 20.8. The Kier molecular flexibility index (Phi) is 16.9.